The van der Waals surface area contributed by atoms with Crippen LogP contribution < -0.4 is 32.7 Å². The molecule has 16 nitrogen and oxygen atoms in total. The second-order valence-corrected chi connectivity index (χ2v) is 8.60. The zero-order valence-electron chi connectivity index (χ0n) is 21.5. The molecule has 1 rings (SSSR count). The summed E-state index contributed by atoms with van der Waals surface area (Å²) in [5.41, 5.74) is 19.5. The Morgan fingerprint density at radius 2 is 1.59 bits per heavy atom. The number of carbonyl (C=O) groups is 6. The summed E-state index contributed by atoms with van der Waals surface area (Å²) in [5.74, 6) is -4.55. The molecule has 0 aliphatic carbocycles. The van der Waals surface area contributed by atoms with E-state index in [1.54, 1.807) is 0 Å². The molecule has 0 aliphatic rings. The van der Waals surface area contributed by atoms with E-state index in [9.17, 15) is 33.9 Å². The van der Waals surface area contributed by atoms with Gasteiger partial charge in [0.25, 0.3) is 5.91 Å². The Morgan fingerprint density at radius 1 is 0.974 bits per heavy atom. The lowest BCUT2D eigenvalue weighted by atomic mass is 10.1. The molecule has 0 spiro atoms. The van der Waals surface area contributed by atoms with Crippen molar-refractivity contribution in [3.63, 3.8) is 0 Å². The van der Waals surface area contributed by atoms with Crippen LogP contribution in [0.2, 0.25) is 0 Å². The highest BCUT2D eigenvalue weighted by atomic mass is 16.3. The minimum Gasteiger partial charge on any atom is -0.391 e. The van der Waals surface area contributed by atoms with E-state index < -0.39 is 60.2 Å². The molecule has 16 heteroatoms. The molecule has 212 valence electrons. The third-order valence-corrected chi connectivity index (χ3v) is 5.31. The van der Waals surface area contributed by atoms with Crippen LogP contribution in [0.3, 0.4) is 0 Å². The minimum absolute atomic E-state index is 0.0307. The molecule has 0 radical (unpaired) electrons. The van der Waals surface area contributed by atoms with Gasteiger partial charge in [0.1, 0.15) is 18.1 Å². The quantitative estimate of drug-likeness (QED) is 0.0570. The number of nitrogens with one attached hydrogen (secondary N) is 4. The van der Waals surface area contributed by atoms with Gasteiger partial charge in [0.2, 0.25) is 29.5 Å². The van der Waals surface area contributed by atoms with Crippen LogP contribution in [0.1, 0.15) is 49.9 Å². The third-order valence-electron chi connectivity index (χ3n) is 5.31. The summed E-state index contributed by atoms with van der Waals surface area (Å²) in [6.07, 6.45) is -1.11. The van der Waals surface area contributed by atoms with E-state index in [0.29, 0.717) is 24.1 Å². The van der Waals surface area contributed by atoms with E-state index in [1.807, 2.05) is 0 Å². The van der Waals surface area contributed by atoms with Crippen molar-refractivity contribution in [2.24, 2.45) is 16.6 Å². The van der Waals surface area contributed by atoms with E-state index in [-0.39, 0.29) is 18.9 Å². The summed E-state index contributed by atoms with van der Waals surface area (Å²) >= 11 is 0. The molecule has 1 aromatic rings. The predicted octanol–water partition coefficient (Wildman–Crippen LogP) is -1.26. The fourth-order valence-electron chi connectivity index (χ4n) is 3.39. The fraction of sp³-hybridized carbons (Fsp3) is 0.478. The number of carbonyl (C=O) groups excluding carboxylic acids is 6. The van der Waals surface area contributed by atoms with Crippen LogP contribution in [0.5, 0.6) is 0 Å². The number of amides is 6. The molecule has 0 fully saturated rings. The Labute approximate surface area is 223 Å². The molecular weight excluding hydrogens is 514 g/mol. The number of rotatable bonds is 16. The zero-order valence-corrected chi connectivity index (χ0v) is 21.5. The van der Waals surface area contributed by atoms with Crippen molar-refractivity contribution in [2.45, 2.75) is 63.8 Å². The van der Waals surface area contributed by atoms with Crippen LogP contribution in [-0.4, -0.2) is 71.3 Å². The molecule has 0 unspecified atom stereocenters. The van der Waals surface area contributed by atoms with Crippen molar-refractivity contribution in [3.8, 4) is 0 Å². The second kappa shape index (κ2) is 16.2. The van der Waals surface area contributed by atoms with Gasteiger partial charge in [-0.1, -0.05) is 17.2 Å². The number of unbranched alkanes of at least 4 members (excludes halogenated alkanes) is 1. The van der Waals surface area contributed by atoms with E-state index in [4.69, 9.17) is 17.0 Å². The third kappa shape index (κ3) is 11.9. The van der Waals surface area contributed by atoms with Gasteiger partial charge in [-0.3, -0.25) is 28.8 Å². The van der Waals surface area contributed by atoms with Crippen molar-refractivity contribution in [1.29, 1.82) is 0 Å². The topological polar surface area (TPSA) is 272 Å². The normalized spacial score (nSPS) is 13.4. The molecule has 39 heavy (non-hydrogen) atoms. The maximum atomic E-state index is 12.9. The molecule has 6 amide bonds. The van der Waals surface area contributed by atoms with E-state index in [1.165, 1.54) is 31.2 Å². The van der Waals surface area contributed by atoms with Gasteiger partial charge in [0.15, 0.2) is 0 Å². The molecule has 0 bridgehead atoms. The van der Waals surface area contributed by atoms with Gasteiger partial charge in [0.05, 0.1) is 12.5 Å². The van der Waals surface area contributed by atoms with Gasteiger partial charge < -0.3 is 37.8 Å². The first-order valence-electron chi connectivity index (χ1n) is 11.9. The van der Waals surface area contributed by atoms with Gasteiger partial charge in [-0.2, -0.15) is 0 Å². The molecule has 0 aromatic heterocycles. The largest absolute Gasteiger partial charge is 0.391 e. The standard InChI is InChI=1S/C23H33N9O7/c1-12(33)19(20(25)36)30-22(38)16(29-23(39)17(11-18(24)35)28-13(2)34)5-3-4-10-27-21(37)14-6-8-15(9-7-14)31-32-26/h6-9,12,16-17,19,33H,3-5,10-11H2,1-2H3,(H2,24,35)(H2,25,36)(H,27,37)(H,28,34)(H,29,39)(H,30,38)/t12-,16+,17-,19-/m1/s1. The van der Waals surface area contributed by atoms with Crippen LogP contribution in [-0.2, 0) is 24.0 Å². The summed E-state index contributed by atoms with van der Waals surface area (Å²) in [4.78, 5) is 75.0. The maximum absolute atomic E-state index is 12.9. The molecule has 0 saturated carbocycles. The van der Waals surface area contributed by atoms with Gasteiger partial charge in [-0.25, -0.2) is 0 Å². The molecular formula is C23H33N9O7. The van der Waals surface area contributed by atoms with Crippen LogP contribution in [0, 0.1) is 0 Å². The summed E-state index contributed by atoms with van der Waals surface area (Å²) < 4.78 is 0. The monoisotopic (exact) mass is 547 g/mol. The number of primary amides is 2. The Morgan fingerprint density at radius 3 is 2.10 bits per heavy atom. The first-order valence-corrected chi connectivity index (χ1v) is 11.9. The minimum atomic E-state index is -1.43. The zero-order chi connectivity index (χ0) is 29.5. The lowest BCUT2D eigenvalue weighted by Gasteiger charge is -2.25. The first kappa shape index (κ1) is 32.3. The number of aliphatic hydroxyl groups excluding tert-OH is 1. The van der Waals surface area contributed by atoms with Crippen molar-refractivity contribution in [1.82, 2.24) is 21.3 Å². The lowest BCUT2D eigenvalue weighted by molar-refractivity contribution is -0.135. The Balaban J connectivity index is 2.84. The summed E-state index contributed by atoms with van der Waals surface area (Å²) in [5, 5.41) is 22.9. The van der Waals surface area contributed by atoms with E-state index >= 15 is 0 Å². The van der Waals surface area contributed by atoms with Crippen LogP contribution in [0.25, 0.3) is 10.4 Å². The number of aliphatic hydroxyl groups is 1. The number of hydrogen-bond donors (Lipinski definition) is 7. The highest BCUT2D eigenvalue weighted by Crippen LogP contribution is 2.13. The number of benzene rings is 1. The summed E-state index contributed by atoms with van der Waals surface area (Å²) in [6.45, 7) is 2.59. The summed E-state index contributed by atoms with van der Waals surface area (Å²) in [7, 11) is 0. The van der Waals surface area contributed by atoms with E-state index in [0.717, 1.165) is 6.92 Å². The van der Waals surface area contributed by atoms with Crippen LogP contribution in [0.4, 0.5) is 5.69 Å². The Hall–Kier alpha value is -4.69. The number of hydrogen-bond acceptors (Lipinski definition) is 8. The van der Waals surface area contributed by atoms with Crippen LogP contribution >= 0.6 is 0 Å². The van der Waals surface area contributed by atoms with Crippen molar-refractivity contribution in [3.05, 3.63) is 40.3 Å². The number of nitrogens with two attached hydrogens (primary N) is 2. The van der Waals surface area contributed by atoms with Crippen LogP contribution in [0.15, 0.2) is 29.4 Å². The van der Waals surface area contributed by atoms with Gasteiger partial charge >= 0.3 is 0 Å². The summed E-state index contributed by atoms with van der Waals surface area (Å²) in [6, 6.07) is 1.93. The highest BCUT2D eigenvalue weighted by molar-refractivity contribution is 5.96. The lowest BCUT2D eigenvalue weighted by Crippen LogP contribution is -2.58. The SMILES string of the molecule is CC(=O)N[C@H](CC(N)=O)C(=O)N[C@@H](CCCCNC(=O)c1ccc(N=[N+]=[N-])cc1)C(=O)N[C@@H](C(N)=O)[C@@H](C)O. The van der Waals surface area contributed by atoms with Gasteiger partial charge in [-0.05, 0) is 43.9 Å². The molecule has 0 aliphatic heterocycles. The first-order chi connectivity index (χ1) is 18.3. The Kier molecular flexibility index (Phi) is 13.4. The van der Waals surface area contributed by atoms with Crippen molar-refractivity contribution < 1.29 is 33.9 Å². The van der Waals surface area contributed by atoms with Gasteiger partial charge in [-0.15, -0.1) is 0 Å². The molecule has 9 N–H and O–H groups in total. The molecule has 1 aromatic carbocycles. The van der Waals surface area contributed by atoms with Crippen molar-refractivity contribution in [2.75, 3.05) is 6.54 Å². The average molecular weight is 548 g/mol. The maximum Gasteiger partial charge on any atom is 0.251 e. The number of azide groups is 1. The average Bonchev–Trinajstić information content (AvgIpc) is 2.85. The smallest absolute Gasteiger partial charge is 0.251 e. The van der Waals surface area contributed by atoms with E-state index in [2.05, 4.69) is 31.3 Å². The fourth-order valence-corrected chi connectivity index (χ4v) is 3.39. The highest BCUT2D eigenvalue weighted by Gasteiger charge is 2.30. The molecule has 0 saturated heterocycles. The number of nitrogens with zero attached hydrogens (tertiary/aromatic N) is 3. The molecule has 4 atom stereocenters. The predicted molar refractivity (Wildman–Crippen MR) is 138 cm³/mol. The second-order valence-electron chi connectivity index (χ2n) is 8.60. The Bertz CT molecular complexity index is 1090. The van der Waals surface area contributed by atoms with Crippen molar-refractivity contribution >= 4 is 41.1 Å². The van der Waals surface area contributed by atoms with Gasteiger partial charge in [0, 0.05) is 29.6 Å². The molecule has 0 heterocycles.